The smallest absolute Gasteiger partial charge is 0.269 e. The number of nitro groups is 1. The van der Waals surface area contributed by atoms with Gasteiger partial charge in [0.05, 0.1) is 10.5 Å². The van der Waals surface area contributed by atoms with Crippen LogP contribution in [0, 0.1) is 10.1 Å². The van der Waals surface area contributed by atoms with E-state index in [1.165, 1.54) is 24.3 Å². The Labute approximate surface area is 167 Å². The van der Waals surface area contributed by atoms with Gasteiger partial charge < -0.3 is 19.5 Å². The Morgan fingerprint density at radius 3 is 2.45 bits per heavy atom. The van der Waals surface area contributed by atoms with Gasteiger partial charge in [0, 0.05) is 12.1 Å². The van der Waals surface area contributed by atoms with Gasteiger partial charge in [0.15, 0.2) is 18.1 Å². The van der Waals surface area contributed by atoms with Crippen LogP contribution in [0.3, 0.4) is 0 Å². The van der Waals surface area contributed by atoms with Crippen molar-refractivity contribution in [1.82, 2.24) is 5.32 Å². The lowest BCUT2D eigenvalue weighted by atomic mass is 9.87. The molecule has 0 saturated heterocycles. The summed E-state index contributed by atoms with van der Waals surface area (Å²) in [5, 5.41) is 13.9. The number of carbonyl (C=O) groups is 1. The largest absolute Gasteiger partial charge is 0.486 e. The van der Waals surface area contributed by atoms with Crippen molar-refractivity contribution in [3.8, 4) is 17.2 Å². The van der Waals surface area contributed by atoms with Crippen LogP contribution < -0.4 is 19.5 Å². The summed E-state index contributed by atoms with van der Waals surface area (Å²) in [6, 6.07) is 11.5. The predicted molar refractivity (Wildman–Crippen MR) is 104 cm³/mol. The van der Waals surface area contributed by atoms with Gasteiger partial charge in [-0.25, -0.2) is 0 Å². The van der Waals surface area contributed by atoms with Gasteiger partial charge in [0.1, 0.15) is 19.0 Å². The third-order valence-electron chi connectivity index (χ3n) is 5.35. The zero-order chi connectivity index (χ0) is 20.3. The summed E-state index contributed by atoms with van der Waals surface area (Å²) in [6.45, 7) is 0.886. The first-order valence-electron chi connectivity index (χ1n) is 9.64. The number of fused-ring (bicyclic) bond motifs is 1. The Bertz CT molecular complexity index is 906. The van der Waals surface area contributed by atoms with E-state index < -0.39 is 10.5 Å². The first-order chi connectivity index (χ1) is 14.1. The molecule has 8 nitrogen and oxygen atoms in total. The van der Waals surface area contributed by atoms with Gasteiger partial charge in [-0.2, -0.15) is 0 Å². The van der Waals surface area contributed by atoms with Gasteiger partial charge in [-0.15, -0.1) is 0 Å². The highest BCUT2D eigenvalue weighted by Crippen LogP contribution is 2.42. The standard InChI is InChI=1S/C21H22N2O6/c24-20(14-29-17-6-4-16(5-7-17)23(25)26)22-21(9-1-2-10-21)15-3-8-18-19(13-15)28-12-11-27-18/h3-8,13H,1-2,9-12,14H2,(H,22,24). The molecule has 1 heterocycles. The lowest BCUT2D eigenvalue weighted by Crippen LogP contribution is -2.45. The summed E-state index contributed by atoms with van der Waals surface area (Å²) in [6.07, 6.45) is 3.74. The quantitative estimate of drug-likeness (QED) is 0.592. The van der Waals surface area contributed by atoms with Crippen LogP contribution >= 0.6 is 0 Å². The van der Waals surface area contributed by atoms with Gasteiger partial charge in [-0.05, 0) is 42.7 Å². The summed E-state index contributed by atoms with van der Waals surface area (Å²) in [4.78, 5) is 22.9. The lowest BCUT2D eigenvalue weighted by molar-refractivity contribution is -0.384. The summed E-state index contributed by atoms with van der Waals surface area (Å²) in [7, 11) is 0. The molecule has 8 heteroatoms. The van der Waals surface area contributed by atoms with E-state index >= 15 is 0 Å². The maximum absolute atomic E-state index is 12.6. The number of rotatable bonds is 6. The number of non-ortho nitro benzene ring substituents is 1. The van der Waals surface area contributed by atoms with Crippen LogP contribution in [0.25, 0.3) is 0 Å². The molecular formula is C21H22N2O6. The predicted octanol–water partition coefficient (Wildman–Crippen LogP) is 3.33. The van der Waals surface area contributed by atoms with Crippen molar-refractivity contribution in [1.29, 1.82) is 0 Å². The van der Waals surface area contributed by atoms with E-state index in [2.05, 4.69) is 5.32 Å². The number of nitrogens with zero attached hydrogens (tertiary/aromatic N) is 1. The van der Waals surface area contributed by atoms with E-state index in [9.17, 15) is 14.9 Å². The molecule has 2 aliphatic rings. The molecule has 1 fully saturated rings. The van der Waals surface area contributed by atoms with Gasteiger partial charge in [-0.3, -0.25) is 14.9 Å². The normalized spacial score (nSPS) is 16.8. The molecule has 0 atom stereocenters. The Morgan fingerprint density at radius 2 is 1.76 bits per heavy atom. The van der Waals surface area contributed by atoms with Crippen molar-refractivity contribution in [2.24, 2.45) is 0 Å². The van der Waals surface area contributed by atoms with Crippen molar-refractivity contribution in [3.63, 3.8) is 0 Å². The molecule has 0 aromatic heterocycles. The van der Waals surface area contributed by atoms with E-state index in [-0.39, 0.29) is 18.2 Å². The van der Waals surface area contributed by atoms with E-state index in [0.29, 0.717) is 24.7 Å². The summed E-state index contributed by atoms with van der Waals surface area (Å²) in [5.41, 5.74) is 0.527. The number of nitrogens with one attached hydrogen (secondary N) is 1. The second kappa shape index (κ2) is 7.98. The van der Waals surface area contributed by atoms with Crippen molar-refractivity contribution >= 4 is 11.6 Å². The maximum atomic E-state index is 12.6. The Hall–Kier alpha value is -3.29. The monoisotopic (exact) mass is 398 g/mol. The van der Waals surface area contributed by atoms with Gasteiger partial charge in [0.25, 0.3) is 11.6 Å². The highest BCUT2D eigenvalue weighted by molar-refractivity contribution is 5.78. The second-order valence-electron chi connectivity index (χ2n) is 7.24. The molecule has 0 radical (unpaired) electrons. The van der Waals surface area contributed by atoms with E-state index in [0.717, 1.165) is 37.0 Å². The molecule has 152 valence electrons. The van der Waals surface area contributed by atoms with Gasteiger partial charge >= 0.3 is 0 Å². The molecule has 2 aromatic rings. The van der Waals surface area contributed by atoms with E-state index in [4.69, 9.17) is 14.2 Å². The molecule has 1 N–H and O–H groups in total. The highest BCUT2D eigenvalue weighted by atomic mass is 16.6. The molecule has 1 aliphatic heterocycles. The number of carbonyl (C=O) groups excluding carboxylic acids is 1. The Morgan fingerprint density at radius 1 is 1.07 bits per heavy atom. The van der Waals surface area contributed by atoms with E-state index in [1.807, 2.05) is 18.2 Å². The molecular weight excluding hydrogens is 376 g/mol. The van der Waals surface area contributed by atoms with Crippen LogP contribution in [0.2, 0.25) is 0 Å². The fourth-order valence-electron chi connectivity index (χ4n) is 3.92. The van der Waals surface area contributed by atoms with Crippen LogP contribution in [-0.4, -0.2) is 30.7 Å². The first-order valence-corrected chi connectivity index (χ1v) is 9.64. The molecule has 0 spiro atoms. The molecule has 2 aromatic carbocycles. The third kappa shape index (κ3) is 4.11. The fourth-order valence-corrected chi connectivity index (χ4v) is 3.92. The van der Waals surface area contributed by atoms with Crippen molar-refractivity contribution in [2.75, 3.05) is 19.8 Å². The zero-order valence-electron chi connectivity index (χ0n) is 15.9. The van der Waals surface area contributed by atoms with Crippen molar-refractivity contribution in [2.45, 2.75) is 31.2 Å². The number of benzene rings is 2. The molecule has 1 aliphatic carbocycles. The minimum atomic E-state index is -0.478. The Balaban J connectivity index is 1.44. The molecule has 4 rings (SSSR count). The molecule has 1 saturated carbocycles. The third-order valence-corrected chi connectivity index (χ3v) is 5.35. The molecule has 29 heavy (non-hydrogen) atoms. The fraction of sp³-hybridized carbons (Fsp3) is 0.381. The molecule has 1 amide bonds. The number of amides is 1. The SMILES string of the molecule is O=C(COc1ccc([N+](=O)[O-])cc1)NC1(c2ccc3c(c2)OCCO3)CCCC1. The van der Waals surface area contributed by atoms with Crippen molar-refractivity contribution in [3.05, 3.63) is 58.1 Å². The highest BCUT2D eigenvalue weighted by Gasteiger charge is 2.38. The topological polar surface area (TPSA) is 99.9 Å². The number of nitro benzene ring substituents is 1. The van der Waals surface area contributed by atoms with Crippen LogP contribution in [0.4, 0.5) is 5.69 Å². The summed E-state index contributed by atoms with van der Waals surface area (Å²) in [5.74, 6) is 1.60. The Kier molecular flexibility index (Phi) is 5.24. The van der Waals surface area contributed by atoms with Crippen LogP contribution in [-0.2, 0) is 10.3 Å². The van der Waals surface area contributed by atoms with Gasteiger partial charge in [-0.1, -0.05) is 18.9 Å². The van der Waals surface area contributed by atoms with Gasteiger partial charge in [0.2, 0.25) is 0 Å². The second-order valence-corrected chi connectivity index (χ2v) is 7.24. The minimum Gasteiger partial charge on any atom is -0.486 e. The summed E-state index contributed by atoms with van der Waals surface area (Å²) >= 11 is 0. The molecule has 0 unspecified atom stereocenters. The minimum absolute atomic E-state index is 0.0229. The van der Waals surface area contributed by atoms with Crippen LogP contribution in [0.5, 0.6) is 17.2 Å². The number of ether oxygens (including phenoxy) is 3. The average molecular weight is 398 g/mol. The average Bonchev–Trinajstić information content (AvgIpc) is 3.22. The number of hydrogen-bond acceptors (Lipinski definition) is 6. The first kappa shape index (κ1) is 19.0. The summed E-state index contributed by atoms with van der Waals surface area (Å²) < 4.78 is 16.8. The van der Waals surface area contributed by atoms with Crippen molar-refractivity contribution < 1.29 is 23.9 Å². The van der Waals surface area contributed by atoms with Crippen LogP contribution in [0.1, 0.15) is 31.2 Å². The zero-order valence-corrected chi connectivity index (χ0v) is 15.9. The number of hydrogen-bond donors (Lipinski definition) is 1. The molecule has 0 bridgehead atoms. The lowest BCUT2D eigenvalue weighted by Gasteiger charge is -2.32. The van der Waals surface area contributed by atoms with Crippen LogP contribution in [0.15, 0.2) is 42.5 Å². The van der Waals surface area contributed by atoms with E-state index in [1.54, 1.807) is 0 Å². The maximum Gasteiger partial charge on any atom is 0.269 e.